The Balaban J connectivity index is 2.50. The lowest BCUT2D eigenvalue weighted by Gasteiger charge is -1.98. The van der Waals surface area contributed by atoms with E-state index in [0.717, 1.165) is 10.6 Å². The van der Waals surface area contributed by atoms with Gasteiger partial charge in [-0.1, -0.05) is 23.7 Å². The largest absolute Gasteiger partial charge is 0.235 e. The van der Waals surface area contributed by atoms with Gasteiger partial charge in [0.15, 0.2) is 0 Å². The van der Waals surface area contributed by atoms with Gasteiger partial charge in [0.25, 0.3) is 0 Å². The average molecular weight is 244 g/mol. The van der Waals surface area contributed by atoms with Gasteiger partial charge in [0.05, 0.1) is 5.25 Å². The van der Waals surface area contributed by atoms with E-state index in [4.69, 9.17) is 11.6 Å². The molecule has 0 saturated carbocycles. The smallest absolute Gasteiger partial charge is 0.141 e. The predicted octanol–water partition coefficient (Wildman–Crippen LogP) is 3.03. The van der Waals surface area contributed by atoms with E-state index in [-0.39, 0.29) is 5.25 Å². The highest BCUT2D eigenvalue weighted by Crippen LogP contribution is 2.09. The molecule has 0 saturated heterocycles. The molecule has 0 aliphatic carbocycles. The van der Waals surface area contributed by atoms with Crippen molar-refractivity contribution < 1.29 is 4.21 Å². The normalized spacial score (nSPS) is 13.6. The Kier molecular flexibility index (Phi) is 4.99. The minimum Gasteiger partial charge on any atom is -0.235 e. The van der Waals surface area contributed by atoms with Crippen molar-refractivity contribution in [3.63, 3.8) is 0 Å². The fraction of sp³-hybridized carbons (Fsp3) is 0.364. The van der Waals surface area contributed by atoms with Crippen LogP contribution < -0.4 is 0 Å². The molecule has 0 bridgehead atoms. The Bertz CT molecular complexity index is 359. The zero-order valence-electron chi connectivity index (χ0n) is 8.81. The van der Waals surface area contributed by atoms with Crippen molar-refractivity contribution in [1.29, 1.82) is 0 Å². The summed E-state index contributed by atoms with van der Waals surface area (Å²) in [4.78, 5) is 0. The molecule has 0 fully saturated rings. The molecule has 2 nitrogen and oxygen atoms in total. The minimum absolute atomic E-state index is 0.0754. The molecule has 1 aromatic rings. The molecule has 0 radical (unpaired) electrons. The number of rotatable bonds is 4. The number of hydrogen-bond acceptors (Lipinski definition) is 1. The number of nitrogens with zero attached hydrogens (tertiary/aromatic N) is 1. The summed E-state index contributed by atoms with van der Waals surface area (Å²) < 4.78 is 15.2. The Hall–Kier alpha value is -0.670. The van der Waals surface area contributed by atoms with Crippen LogP contribution in [0, 0.1) is 0 Å². The van der Waals surface area contributed by atoms with Gasteiger partial charge in [-0.2, -0.15) is 4.40 Å². The van der Waals surface area contributed by atoms with Crippen LogP contribution in [0.15, 0.2) is 28.7 Å². The first-order valence-corrected chi connectivity index (χ1v) is 6.32. The van der Waals surface area contributed by atoms with Crippen LogP contribution in [-0.2, 0) is 17.4 Å². The molecule has 0 amide bonds. The zero-order chi connectivity index (χ0) is 11.3. The summed E-state index contributed by atoms with van der Waals surface area (Å²) in [6, 6.07) is 7.55. The Morgan fingerprint density at radius 2 is 2.00 bits per heavy atom. The molecule has 82 valence electrons. The van der Waals surface area contributed by atoms with Crippen molar-refractivity contribution in [3.05, 3.63) is 34.9 Å². The Labute approximate surface area is 98.0 Å². The molecule has 0 spiro atoms. The number of hydrogen-bond donors (Lipinski definition) is 0. The first-order chi connectivity index (χ1) is 7.09. The Morgan fingerprint density at radius 1 is 1.40 bits per heavy atom. The topological polar surface area (TPSA) is 29.4 Å². The second-order valence-corrected chi connectivity index (χ2v) is 5.59. The summed E-state index contributed by atoms with van der Waals surface area (Å²) >= 11 is 5.76. The summed E-state index contributed by atoms with van der Waals surface area (Å²) in [6.07, 6.45) is 2.38. The summed E-state index contributed by atoms with van der Waals surface area (Å²) in [5.74, 6) is 0. The average Bonchev–Trinajstić information content (AvgIpc) is 2.20. The third-order valence-electron chi connectivity index (χ3n) is 1.82. The maximum atomic E-state index is 11.3. The van der Waals surface area contributed by atoms with Crippen LogP contribution in [0.5, 0.6) is 0 Å². The van der Waals surface area contributed by atoms with Gasteiger partial charge in [0.1, 0.15) is 11.0 Å². The van der Waals surface area contributed by atoms with Gasteiger partial charge in [-0.25, -0.2) is 4.21 Å². The molecular formula is C11H14ClNOS. The fourth-order valence-corrected chi connectivity index (χ4v) is 1.55. The molecule has 1 aromatic carbocycles. The molecule has 4 heteroatoms. The van der Waals surface area contributed by atoms with Crippen molar-refractivity contribution >= 4 is 28.8 Å². The highest BCUT2D eigenvalue weighted by molar-refractivity contribution is 7.84. The summed E-state index contributed by atoms with van der Waals surface area (Å²) in [6.45, 7) is 3.77. The summed E-state index contributed by atoms with van der Waals surface area (Å²) in [5, 5.41) is 0.799. The number of benzene rings is 1. The van der Waals surface area contributed by atoms with Crippen LogP contribution in [0.1, 0.15) is 19.4 Å². The quantitative estimate of drug-likeness (QED) is 0.748. The van der Waals surface area contributed by atoms with Gasteiger partial charge >= 0.3 is 0 Å². The predicted molar refractivity (Wildman–Crippen MR) is 66.9 cm³/mol. The lowest BCUT2D eigenvalue weighted by Crippen LogP contribution is -2.02. The zero-order valence-corrected chi connectivity index (χ0v) is 10.4. The first-order valence-electron chi connectivity index (χ1n) is 4.77. The van der Waals surface area contributed by atoms with Gasteiger partial charge in [-0.3, -0.25) is 0 Å². The van der Waals surface area contributed by atoms with Crippen molar-refractivity contribution in [1.82, 2.24) is 0 Å². The second-order valence-electron chi connectivity index (χ2n) is 3.44. The van der Waals surface area contributed by atoms with Crippen LogP contribution >= 0.6 is 11.6 Å². The minimum atomic E-state index is -1.11. The van der Waals surface area contributed by atoms with Gasteiger partial charge in [-0.05, 0) is 31.5 Å². The molecule has 0 heterocycles. The Morgan fingerprint density at radius 3 is 2.53 bits per heavy atom. The van der Waals surface area contributed by atoms with E-state index in [0.29, 0.717) is 6.42 Å². The molecule has 0 N–H and O–H groups in total. The molecule has 0 aliphatic rings. The van der Waals surface area contributed by atoms with Crippen molar-refractivity contribution in [2.45, 2.75) is 25.5 Å². The van der Waals surface area contributed by atoms with Crippen LogP contribution in [-0.4, -0.2) is 15.7 Å². The van der Waals surface area contributed by atoms with Crippen LogP contribution in [0.25, 0.3) is 0 Å². The number of halogens is 1. The molecule has 1 unspecified atom stereocenters. The molecule has 1 atom stereocenters. The molecule has 0 aliphatic heterocycles. The SMILES string of the molecule is CC(C)S(=O)/N=C/Cc1ccc(Cl)cc1. The summed E-state index contributed by atoms with van der Waals surface area (Å²) in [5.41, 5.74) is 1.11. The van der Waals surface area contributed by atoms with Crippen molar-refractivity contribution in [3.8, 4) is 0 Å². The van der Waals surface area contributed by atoms with E-state index < -0.39 is 11.0 Å². The maximum Gasteiger partial charge on any atom is 0.141 e. The van der Waals surface area contributed by atoms with Gasteiger partial charge in [0.2, 0.25) is 0 Å². The monoisotopic (exact) mass is 243 g/mol. The second kappa shape index (κ2) is 6.03. The molecule has 1 rings (SSSR count). The van der Waals surface area contributed by atoms with E-state index >= 15 is 0 Å². The van der Waals surface area contributed by atoms with Gasteiger partial charge in [0, 0.05) is 17.7 Å². The van der Waals surface area contributed by atoms with Crippen molar-refractivity contribution in [2.24, 2.45) is 4.40 Å². The van der Waals surface area contributed by atoms with Crippen LogP contribution in [0.2, 0.25) is 5.02 Å². The van der Waals surface area contributed by atoms with Gasteiger partial charge < -0.3 is 0 Å². The first kappa shape index (κ1) is 12.4. The van der Waals surface area contributed by atoms with E-state index in [1.54, 1.807) is 6.21 Å². The van der Waals surface area contributed by atoms with E-state index in [1.165, 1.54) is 0 Å². The third kappa shape index (κ3) is 4.58. The van der Waals surface area contributed by atoms with Gasteiger partial charge in [-0.15, -0.1) is 0 Å². The van der Waals surface area contributed by atoms with E-state index in [9.17, 15) is 4.21 Å². The third-order valence-corrected chi connectivity index (χ3v) is 3.24. The van der Waals surface area contributed by atoms with Crippen LogP contribution in [0.4, 0.5) is 0 Å². The fourth-order valence-electron chi connectivity index (χ4n) is 0.958. The molecule has 15 heavy (non-hydrogen) atoms. The van der Waals surface area contributed by atoms with E-state index in [1.807, 2.05) is 38.1 Å². The molecule has 0 aromatic heterocycles. The van der Waals surface area contributed by atoms with E-state index in [2.05, 4.69) is 4.40 Å². The van der Waals surface area contributed by atoms with Crippen LogP contribution in [0.3, 0.4) is 0 Å². The summed E-state index contributed by atoms with van der Waals surface area (Å²) in [7, 11) is -1.11. The standard InChI is InChI=1S/C11H14ClNOS/c1-9(2)15(14)13-8-7-10-3-5-11(12)6-4-10/h3-6,8-9H,7H2,1-2H3/b13-8+. The van der Waals surface area contributed by atoms with Crippen molar-refractivity contribution in [2.75, 3.05) is 0 Å². The highest BCUT2D eigenvalue weighted by atomic mass is 35.5. The maximum absolute atomic E-state index is 11.3. The lowest BCUT2D eigenvalue weighted by molar-refractivity contribution is 0.678. The highest BCUT2D eigenvalue weighted by Gasteiger charge is 2.00. The molecular weight excluding hydrogens is 230 g/mol. The lowest BCUT2D eigenvalue weighted by atomic mass is 10.2.